The fourth-order valence-electron chi connectivity index (χ4n) is 2.48. The molecule has 0 spiro atoms. The van der Waals surface area contributed by atoms with Gasteiger partial charge in [0.05, 0.1) is 12.6 Å². The van der Waals surface area contributed by atoms with Crippen molar-refractivity contribution in [3.05, 3.63) is 18.5 Å². The molecule has 1 aromatic carbocycles. The van der Waals surface area contributed by atoms with Gasteiger partial charge < -0.3 is 19.9 Å². The van der Waals surface area contributed by atoms with Crippen molar-refractivity contribution in [2.75, 3.05) is 25.5 Å². The Kier molecular flexibility index (Phi) is 7.62. The maximum Gasteiger partial charge on any atom is 0.422 e. The third-order valence-electron chi connectivity index (χ3n) is 3.74. The number of amides is 1. The summed E-state index contributed by atoms with van der Waals surface area (Å²) in [5.41, 5.74) is -0.231. The number of fused-ring (bicyclic) bond motifs is 1. The van der Waals surface area contributed by atoms with Crippen molar-refractivity contribution >= 4 is 33.0 Å². The Hall–Kier alpha value is -2.86. The number of phenols is 1. The Labute approximate surface area is 175 Å². The lowest BCUT2D eigenvalue weighted by Crippen LogP contribution is -2.43. The lowest BCUT2D eigenvalue weighted by atomic mass is 10.2. The highest BCUT2D eigenvalue weighted by Crippen LogP contribution is 2.32. The molecule has 0 fully saturated rings. The van der Waals surface area contributed by atoms with Crippen LogP contribution in [0.3, 0.4) is 0 Å². The molecule has 30 heavy (non-hydrogen) atoms. The zero-order valence-corrected chi connectivity index (χ0v) is 18.2. The number of anilines is 1. The Morgan fingerprint density at radius 1 is 1.17 bits per heavy atom. The number of methoxy groups -OCH3 is 1. The van der Waals surface area contributed by atoms with Crippen molar-refractivity contribution in [1.29, 1.82) is 0 Å². The molecule has 1 heterocycles. The molecule has 0 bridgehead atoms. The van der Waals surface area contributed by atoms with Crippen LogP contribution in [0.15, 0.2) is 18.5 Å². The van der Waals surface area contributed by atoms with Gasteiger partial charge in [0.15, 0.2) is 11.5 Å². The maximum atomic E-state index is 11.8. The minimum atomic E-state index is -3.99. The number of rotatable bonds is 9. The summed E-state index contributed by atoms with van der Waals surface area (Å²) in [6.07, 6.45) is 1.51. The number of benzene rings is 1. The van der Waals surface area contributed by atoms with Gasteiger partial charge in [-0.15, -0.1) is 0 Å². The quantitative estimate of drug-likeness (QED) is 0.427. The number of unbranched alkanes of at least 4 members (excludes halogenated alkanes) is 1. The molecule has 0 saturated carbocycles. The van der Waals surface area contributed by atoms with E-state index in [9.17, 15) is 18.3 Å². The van der Waals surface area contributed by atoms with Crippen LogP contribution in [0.5, 0.6) is 11.5 Å². The van der Waals surface area contributed by atoms with Crippen LogP contribution in [0.4, 0.5) is 10.6 Å². The SMILES string of the molecule is COc1cc2c(NCCCCNS(=O)(=O)NC(=O)OC(C)(C)C)ncnc2cc1O. The van der Waals surface area contributed by atoms with E-state index in [1.165, 1.54) is 19.5 Å². The van der Waals surface area contributed by atoms with E-state index in [0.29, 0.717) is 41.9 Å². The molecule has 166 valence electrons. The second-order valence-electron chi connectivity index (χ2n) is 7.40. The number of phenolic OH excluding ortho intramolecular Hbond substituents is 1. The third-order valence-corrected chi connectivity index (χ3v) is 4.76. The Bertz CT molecular complexity index is 990. The van der Waals surface area contributed by atoms with Crippen LogP contribution in [0, 0.1) is 0 Å². The number of aromatic nitrogens is 2. The van der Waals surface area contributed by atoms with E-state index in [4.69, 9.17) is 9.47 Å². The van der Waals surface area contributed by atoms with Crippen LogP contribution in [0.25, 0.3) is 10.9 Å². The molecule has 0 radical (unpaired) electrons. The first-order valence-corrected chi connectivity index (χ1v) is 10.7. The lowest BCUT2D eigenvalue weighted by Gasteiger charge is -2.19. The van der Waals surface area contributed by atoms with Crippen molar-refractivity contribution in [2.45, 2.75) is 39.2 Å². The highest BCUT2D eigenvalue weighted by molar-refractivity contribution is 7.88. The van der Waals surface area contributed by atoms with Gasteiger partial charge in [0.2, 0.25) is 0 Å². The number of carbonyl (C=O) groups is 1. The Morgan fingerprint density at radius 2 is 1.87 bits per heavy atom. The molecule has 1 aromatic heterocycles. The predicted molar refractivity (Wildman–Crippen MR) is 112 cm³/mol. The van der Waals surface area contributed by atoms with Gasteiger partial charge >= 0.3 is 16.3 Å². The first-order valence-electron chi connectivity index (χ1n) is 9.27. The van der Waals surface area contributed by atoms with Gasteiger partial charge in [-0.05, 0) is 39.7 Å². The van der Waals surface area contributed by atoms with Crippen molar-refractivity contribution in [1.82, 2.24) is 19.4 Å². The number of carbonyl (C=O) groups excluding carboxylic acids is 1. The van der Waals surface area contributed by atoms with Crippen molar-refractivity contribution in [2.24, 2.45) is 0 Å². The van der Waals surface area contributed by atoms with Gasteiger partial charge in [0.25, 0.3) is 0 Å². The zero-order chi connectivity index (χ0) is 22.4. The average Bonchev–Trinajstić information content (AvgIpc) is 2.61. The van der Waals surface area contributed by atoms with E-state index < -0.39 is 21.9 Å². The fraction of sp³-hybridized carbons (Fsp3) is 0.500. The largest absolute Gasteiger partial charge is 0.504 e. The summed E-state index contributed by atoms with van der Waals surface area (Å²) in [4.78, 5) is 19.9. The van der Waals surface area contributed by atoms with Crippen LogP contribution >= 0.6 is 0 Å². The van der Waals surface area contributed by atoms with Crippen molar-refractivity contribution < 1.29 is 27.8 Å². The molecular weight excluding hydrogens is 414 g/mol. The minimum absolute atomic E-state index is 0.0121. The van der Waals surface area contributed by atoms with Gasteiger partial charge in [-0.1, -0.05) is 0 Å². The zero-order valence-electron chi connectivity index (χ0n) is 17.4. The second-order valence-corrected chi connectivity index (χ2v) is 8.90. The van der Waals surface area contributed by atoms with Crippen molar-refractivity contribution in [3.63, 3.8) is 0 Å². The molecule has 0 aliphatic heterocycles. The van der Waals surface area contributed by atoms with Gasteiger partial charge in [-0.2, -0.15) is 13.1 Å². The summed E-state index contributed by atoms with van der Waals surface area (Å²) < 4.78 is 37.8. The molecule has 0 unspecified atom stereocenters. The number of nitrogens with one attached hydrogen (secondary N) is 3. The molecule has 0 atom stereocenters. The van der Waals surface area contributed by atoms with E-state index in [1.807, 2.05) is 0 Å². The first kappa shape index (κ1) is 23.4. The molecule has 4 N–H and O–H groups in total. The molecule has 0 aliphatic rings. The highest BCUT2D eigenvalue weighted by atomic mass is 32.2. The van der Waals surface area contributed by atoms with Crippen molar-refractivity contribution in [3.8, 4) is 11.5 Å². The first-order chi connectivity index (χ1) is 14.0. The van der Waals surface area contributed by atoms with Crippen LogP contribution in [0.1, 0.15) is 33.6 Å². The van der Waals surface area contributed by atoms with E-state index in [1.54, 1.807) is 31.6 Å². The minimum Gasteiger partial charge on any atom is -0.504 e. The second kappa shape index (κ2) is 9.76. The standard InChI is InChI=1S/C18H27N5O6S/c1-18(2,3)29-17(25)23-30(26,27)22-8-6-5-7-19-16-12-9-15(28-4)14(24)10-13(12)20-11-21-16/h9-11,22,24H,5-8H2,1-4H3,(H,23,25)(H,19,20,21). The van der Waals surface area contributed by atoms with E-state index >= 15 is 0 Å². The topological polar surface area (TPSA) is 152 Å². The molecule has 1 amide bonds. The van der Waals surface area contributed by atoms with E-state index in [0.717, 1.165) is 0 Å². The van der Waals surface area contributed by atoms with Gasteiger partial charge in [-0.3, -0.25) is 0 Å². The lowest BCUT2D eigenvalue weighted by molar-refractivity contribution is 0.0569. The summed E-state index contributed by atoms with van der Waals surface area (Å²) in [5, 5.41) is 13.7. The molecule has 11 nitrogen and oxygen atoms in total. The van der Waals surface area contributed by atoms with Crippen LogP contribution in [0.2, 0.25) is 0 Å². The smallest absolute Gasteiger partial charge is 0.422 e. The summed E-state index contributed by atoms with van der Waals surface area (Å²) in [5.74, 6) is 0.875. The summed E-state index contributed by atoms with van der Waals surface area (Å²) in [6.45, 7) is 5.58. The normalized spacial score (nSPS) is 11.9. The summed E-state index contributed by atoms with van der Waals surface area (Å²) >= 11 is 0. The van der Waals surface area contributed by atoms with E-state index in [2.05, 4.69) is 20.0 Å². The van der Waals surface area contributed by atoms with Crippen LogP contribution in [-0.2, 0) is 14.9 Å². The van der Waals surface area contributed by atoms with Crippen LogP contribution < -0.4 is 19.5 Å². The molecule has 12 heteroatoms. The Balaban J connectivity index is 1.80. The molecule has 0 aliphatic carbocycles. The van der Waals surface area contributed by atoms with Gasteiger partial charge in [0.1, 0.15) is 17.7 Å². The average molecular weight is 442 g/mol. The van der Waals surface area contributed by atoms with Gasteiger partial charge in [0, 0.05) is 24.5 Å². The molecule has 2 rings (SSSR count). The summed E-state index contributed by atoms with van der Waals surface area (Å²) in [7, 11) is -2.53. The third kappa shape index (κ3) is 7.19. The number of aromatic hydroxyl groups is 1. The van der Waals surface area contributed by atoms with Gasteiger partial charge in [-0.25, -0.2) is 19.5 Å². The molecular formula is C18H27N5O6S. The Morgan fingerprint density at radius 3 is 2.53 bits per heavy atom. The predicted octanol–water partition coefficient (Wildman–Crippen LogP) is 1.90. The summed E-state index contributed by atoms with van der Waals surface area (Å²) in [6, 6.07) is 3.14. The highest BCUT2D eigenvalue weighted by Gasteiger charge is 2.20. The maximum absolute atomic E-state index is 11.8. The molecule has 2 aromatic rings. The fourth-order valence-corrected chi connectivity index (χ4v) is 3.23. The van der Waals surface area contributed by atoms with E-state index in [-0.39, 0.29) is 12.3 Å². The number of hydrogen-bond acceptors (Lipinski definition) is 9. The number of hydrogen-bond donors (Lipinski definition) is 4. The van der Waals surface area contributed by atoms with Crippen LogP contribution in [-0.4, -0.2) is 55.4 Å². The number of nitrogens with zero attached hydrogens (tertiary/aromatic N) is 2. The molecule has 0 saturated heterocycles. The monoisotopic (exact) mass is 441 g/mol. The number of ether oxygens (including phenoxy) is 2.